The van der Waals surface area contributed by atoms with Gasteiger partial charge in [-0.1, -0.05) is 18.2 Å². The van der Waals surface area contributed by atoms with Crippen molar-refractivity contribution in [2.45, 2.75) is 19.9 Å². The van der Waals surface area contributed by atoms with Crippen molar-refractivity contribution in [1.82, 2.24) is 5.32 Å². The van der Waals surface area contributed by atoms with Crippen LogP contribution in [0.4, 0.5) is 10.5 Å². The number of nitrogens with one attached hydrogen (secondary N) is 1. The summed E-state index contributed by atoms with van der Waals surface area (Å²) in [6, 6.07) is 7.80. The van der Waals surface area contributed by atoms with Crippen molar-refractivity contribution in [3.8, 4) is 0 Å². The molecule has 5 nitrogen and oxygen atoms in total. The van der Waals surface area contributed by atoms with Crippen LogP contribution in [0.15, 0.2) is 30.3 Å². The Bertz CT molecular complexity index is 392. The fraction of sp³-hybridized carbons (Fsp3) is 0.333. The molecule has 0 spiro atoms. The summed E-state index contributed by atoms with van der Waals surface area (Å²) in [4.78, 5) is 24.0. The van der Waals surface area contributed by atoms with Crippen LogP contribution < -0.4 is 10.2 Å². The van der Waals surface area contributed by atoms with Gasteiger partial charge in [-0.05, 0) is 26.0 Å². The zero-order valence-corrected chi connectivity index (χ0v) is 9.88. The molecule has 1 atom stereocenters. The number of aliphatic carboxylic acids is 1. The number of hydrogen-bond acceptors (Lipinski definition) is 2. The molecule has 0 aliphatic heterocycles. The number of para-hydroxylation sites is 1. The van der Waals surface area contributed by atoms with Crippen LogP contribution in [0.3, 0.4) is 0 Å². The molecule has 2 amide bonds. The van der Waals surface area contributed by atoms with E-state index in [4.69, 9.17) is 5.11 Å². The maximum absolute atomic E-state index is 11.8. The van der Waals surface area contributed by atoms with Crippen molar-refractivity contribution in [3.63, 3.8) is 0 Å². The Morgan fingerprint density at radius 3 is 2.41 bits per heavy atom. The maximum Gasteiger partial charge on any atom is 0.325 e. The number of rotatable bonds is 4. The Balaban J connectivity index is 2.75. The number of hydrogen-bond donors (Lipinski definition) is 2. The molecule has 0 bridgehead atoms. The van der Waals surface area contributed by atoms with Crippen LogP contribution in [0.25, 0.3) is 0 Å². The van der Waals surface area contributed by atoms with Gasteiger partial charge in [0, 0.05) is 12.2 Å². The van der Waals surface area contributed by atoms with E-state index in [9.17, 15) is 9.59 Å². The highest BCUT2D eigenvalue weighted by Gasteiger charge is 2.19. The molecule has 2 N–H and O–H groups in total. The monoisotopic (exact) mass is 236 g/mol. The van der Waals surface area contributed by atoms with Crippen LogP contribution in [-0.2, 0) is 4.79 Å². The zero-order chi connectivity index (χ0) is 12.8. The lowest BCUT2D eigenvalue weighted by molar-refractivity contribution is -0.138. The fourth-order valence-electron chi connectivity index (χ4n) is 1.38. The number of carboxylic acids is 1. The predicted octanol–water partition coefficient (Wildman–Crippen LogP) is 1.70. The van der Waals surface area contributed by atoms with Gasteiger partial charge in [0.25, 0.3) is 0 Å². The number of nitrogens with zero attached hydrogens (tertiary/aromatic N) is 1. The molecule has 0 aliphatic rings. The average molecular weight is 236 g/mol. The van der Waals surface area contributed by atoms with Gasteiger partial charge < -0.3 is 10.4 Å². The zero-order valence-electron chi connectivity index (χ0n) is 9.88. The van der Waals surface area contributed by atoms with Crippen molar-refractivity contribution in [2.75, 3.05) is 11.4 Å². The van der Waals surface area contributed by atoms with Gasteiger partial charge in [-0.3, -0.25) is 9.69 Å². The molecule has 1 aromatic carbocycles. The molecule has 0 radical (unpaired) electrons. The molecule has 1 aromatic rings. The highest BCUT2D eigenvalue weighted by Crippen LogP contribution is 2.12. The highest BCUT2D eigenvalue weighted by atomic mass is 16.4. The number of benzene rings is 1. The Morgan fingerprint density at radius 1 is 1.35 bits per heavy atom. The van der Waals surface area contributed by atoms with E-state index in [0.717, 1.165) is 5.69 Å². The molecule has 5 heteroatoms. The van der Waals surface area contributed by atoms with Crippen LogP contribution in [0.2, 0.25) is 0 Å². The third kappa shape index (κ3) is 3.48. The van der Waals surface area contributed by atoms with E-state index in [1.807, 2.05) is 25.1 Å². The molecule has 0 saturated carbocycles. The van der Waals surface area contributed by atoms with E-state index in [-0.39, 0.29) is 0 Å². The smallest absolute Gasteiger partial charge is 0.325 e. The second kappa shape index (κ2) is 5.89. The first-order valence-corrected chi connectivity index (χ1v) is 5.42. The van der Waals surface area contributed by atoms with E-state index in [0.29, 0.717) is 6.54 Å². The van der Waals surface area contributed by atoms with Crippen molar-refractivity contribution in [1.29, 1.82) is 0 Å². The van der Waals surface area contributed by atoms with Crippen molar-refractivity contribution >= 4 is 17.7 Å². The number of carboxylic acid groups (broad SMARTS) is 1. The van der Waals surface area contributed by atoms with E-state index in [1.54, 1.807) is 12.1 Å². The molecular formula is C12H16N2O3. The number of anilines is 1. The summed E-state index contributed by atoms with van der Waals surface area (Å²) < 4.78 is 0. The van der Waals surface area contributed by atoms with Crippen molar-refractivity contribution in [2.24, 2.45) is 0 Å². The minimum atomic E-state index is -1.05. The van der Waals surface area contributed by atoms with Crippen molar-refractivity contribution in [3.05, 3.63) is 30.3 Å². The molecule has 0 unspecified atom stereocenters. The summed E-state index contributed by atoms with van der Waals surface area (Å²) >= 11 is 0. The molecule has 17 heavy (non-hydrogen) atoms. The minimum absolute atomic E-state index is 0.409. The van der Waals surface area contributed by atoms with Crippen LogP contribution in [-0.4, -0.2) is 29.7 Å². The first kappa shape index (κ1) is 13.0. The molecule has 92 valence electrons. The first-order chi connectivity index (χ1) is 8.06. The summed E-state index contributed by atoms with van der Waals surface area (Å²) in [5, 5.41) is 11.1. The Morgan fingerprint density at radius 2 is 1.94 bits per heavy atom. The quantitative estimate of drug-likeness (QED) is 0.835. The third-order valence-electron chi connectivity index (χ3n) is 2.34. The Labute approximate surface area is 100 Å². The topological polar surface area (TPSA) is 69.6 Å². The first-order valence-electron chi connectivity index (χ1n) is 5.42. The van der Waals surface area contributed by atoms with Gasteiger partial charge in [0.05, 0.1) is 0 Å². The number of carbonyl (C=O) groups excluding carboxylic acids is 1. The predicted molar refractivity (Wildman–Crippen MR) is 65.1 cm³/mol. The second-order valence-electron chi connectivity index (χ2n) is 3.59. The molecular weight excluding hydrogens is 220 g/mol. The number of urea groups is 1. The average Bonchev–Trinajstić information content (AvgIpc) is 2.31. The van der Waals surface area contributed by atoms with Crippen molar-refractivity contribution < 1.29 is 14.7 Å². The lowest BCUT2D eigenvalue weighted by atomic mass is 10.3. The van der Waals surface area contributed by atoms with Gasteiger partial charge in [0.2, 0.25) is 0 Å². The summed E-state index contributed by atoms with van der Waals surface area (Å²) in [5.41, 5.74) is 0.741. The van der Waals surface area contributed by atoms with Gasteiger partial charge >= 0.3 is 12.0 Å². The summed E-state index contributed by atoms with van der Waals surface area (Å²) in [7, 11) is 0. The minimum Gasteiger partial charge on any atom is -0.480 e. The van der Waals surface area contributed by atoms with Crippen LogP contribution >= 0.6 is 0 Å². The van der Waals surface area contributed by atoms with Gasteiger partial charge in [-0.2, -0.15) is 0 Å². The second-order valence-corrected chi connectivity index (χ2v) is 3.59. The molecule has 0 aromatic heterocycles. The number of amides is 2. The highest BCUT2D eigenvalue weighted by molar-refractivity contribution is 5.94. The summed E-state index contributed by atoms with van der Waals surface area (Å²) in [5.74, 6) is -1.05. The molecule has 0 fully saturated rings. The summed E-state index contributed by atoms with van der Waals surface area (Å²) in [6.45, 7) is 3.74. The largest absolute Gasteiger partial charge is 0.480 e. The van der Waals surface area contributed by atoms with Crippen LogP contribution in [0.1, 0.15) is 13.8 Å². The van der Waals surface area contributed by atoms with Crippen LogP contribution in [0, 0.1) is 0 Å². The molecule has 1 rings (SSSR count). The normalized spacial score (nSPS) is 11.6. The maximum atomic E-state index is 11.8. The van der Waals surface area contributed by atoms with Gasteiger partial charge in [-0.25, -0.2) is 4.79 Å². The fourth-order valence-corrected chi connectivity index (χ4v) is 1.38. The van der Waals surface area contributed by atoms with Gasteiger partial charge in [0.1, 0.15) is 6.04 Å². The van der Waals surface area contributed by atoms with Gasteiger partial charge in [0.15, 0.2) is 0 Å². The molecule has 0 heterocycles. The standard InChI is InChI=1S/C12H16N2O3/c1-3-14(10-7-5-4-6-8-10)12(17)13-9(2)11(15)16/h4-9H,3H2,1-2H3,(H,13,17)(H,15,16)/t9-/m0/s1. The van der Waals surface area contributed by atoms with Crippen LogP contribution in [0.5, 0.6) is 0 Å². The SMILES string of the molecule is CCN(C(=O)N[C@@H](C)C(=O)O)c1ccccc1. The number of carbonyl (C=O) groups is 2. The molecule has 0 aliphatic carbocycles. The lowest BCUT2D eigenvalue weighted by Gasteiger charge is -2.22. The van der Waals surface area contributed by atoms with E-state index >= 15 is 0 Å². The Hall–Kier alpha value is -2.04. The third-order valence-corrected chi connectivity index (χ3v) is 2.34. The van der Waals surface area contributed by atoms with Gasteiger partial charge in [-0.15, -0.1) is 0 Å². The Kier molecular flexibility index (Phi) is 4.51. The van der Waals surface area contributed by atoms with E-state index in [2.05, 4.69) is 5.32 Å². The van der Waals surface area contributed by atoms with E-state index in [1.165, 1.54) is 11.8 Å². The van der Waals surface area contributed by atoms with E-state index < -0.39 is 18.0 Å². The lowest BCUT2D eigenvalue weighted by Crippen LogP contribution is -2.46. The molecule has 0 saturated heterocycles. The summed E-state index contributed by atoms with van der Waals surface area (Å²) in [6.07, 6.45) is 0.